The van der Waals surface area contributed by atoms with Gasteiger partial charge in [-0.3, -0.25) is 9.59 Å². The van der Waals surface area contributed by atoms with E-state index in [1.807, 2.05) is 58.3 Å². The molecule has 0 unspecified atom stereocenters. The summed E-state index contributed by atoms with van der Waals surface area (Å²) in [5, 5.41) is 0. The second kappa shape index (κ2) is 9.20. The van der Waals surface area contributed by atoms with Crippen molar-refractivity contribution in [2.45, 2.75) is 12.8 Å². The van der Waals surface area contributed by atoms with Crippen LogP contribution in [0.3, 0.4) is 0 Å². The number of anilines is 1. The van der Waals surface area contributed by atoms with Gasteiger partial charge < -0.3 is 19.4 Å². The number of carbonyl (C=O) groups is 2. The summed E-state index contributed by atoms with van der Waals surface area (Å²) in [5.41, 5.74) is 1.80. The maximum absolute atomic E-state index is 13.0. The maximum Gasteiger partial charge on any atom is 0.253 e. The van der Waals surface area contributed by atoms with E-state index < -0.39 is 0 Å². The van der Waals surface area contributed by atoms with E-state index in [4.69, 9.17) is 4.74 Å². The predicted octanol–water partition coefficient (Wildman–Crippen LogP) is 2.90. The van der Waals surface area contributed by atoms with Gasteiger partial charge in [0.2, 0.25) is 5.91 Å². The minimum absolute atomic E-state index is 0.0163. The molecule has 2 aromatic rings. The van der Waals surface area contributed by atoms with Crippen LogP contribution in [0.15, 0.2) is 54.6 Å². The third-order valence-electron chi connectivity index (χ3n) is 6.17. The Morgan fingerprint density at radius 1 is 0.800 bits per heavy atom. The summed E-state index contributed by atoms with van der Waals surface area (Å²) >= 11 is 0. The van der Waals surface area contributed by atoms with Crippen LogP contribution in [0, 0.1) is 5.92 Å². The van der Waals surface area contributed by atoms with Crippen LogP contribution in [0.4, 0.5) is 5.69 Å². The highest BCUT2D eigenvalue weighted by Crippen LogP contribution is 2.29. The molecule has 4 rings (SSSR count). The van der Waals surface area contributed by atoms with Crippen molar-refractivity contribution in [3.8, 4) is 5.75 Å². The van der Waals surface area contributed by atoms with Crippen molar-refractivity contribution in [3.05, 3.63) is 60.2 Å². The molecule has 2 aromatic carbocycles. The average Bonchev–Trinajstić information content (AvgIpc) is 2.84. The third kappa shape index (κ3) is 4.27. The first-order valence-corrected chi connectivity index (χ1v) is 10.7. The fourth-order valence-electron chi connectivity index (χ4n) is 4.41. The SMILES string of the molecule is COc1ccccc1N1CCN(C(=O)C2CCN(C(=O)c3ccccc3)CC2)CC1. The minimum Gasteiger partial charge on any atom is -0.495 e. The number of likely N-dealkylation sites (tertiary alicyclic amines) is 1. The Hall–Kier alpha value is -3.02. The Balaban J connectivity index is 1.29. The molecule has 2 saturated heterocycles. The molecular weight excluding hydrogens is 378 g/mol. The van der Waals surface area contributed by atoms with Gasteiger partial charge in [-0.25, -0.2) is 0 Å². The number of rotatable bonds is 4. The highest BCUT2D eigenvalue weighted by molar-refractivity contribution is 5.94. The highest BCUT2D eigenvalue weighted by Gasteiger charge is 2.32. The summed E-state index contributed by atoms with van der Waals surface area (Å²) in [4.78, 5) is 31.8. The number of nitrogens with zero attached hydrogens (tertiary/aromatic N) is 3. The van der Waals surface area contributed by atoms with E-state index in [-0.39, 0.29) is 17.7 Å². The first-order valence-electron chi connectivity index (χ1n) is 10.7. The summed E-state index contributed by atoms with van der Waals surface area (Å²) in [6.45, 7) is 4.34. The van der Waals surface area contributed by atoms with Crippen molar-refractivity contribution in [1.29, 1.82) is 0 Å². The van der Waals surface area contributed by atoms with Crippen LogP contribution in [-0.4, -0.2) is 68.0 Å². The molecule has 0 aliphatic carbocycles. The minimum atomic E-state index is 0.0163. The standard InChI is InChI=1S/C24H29N3O3/c1-30-22-10-6-5-9-21(22)25-15-17-27(18-16-25)24(29)20-11-13-26(14-12-20)23(28)19-7-3-2-4-8-19/h2-10,20H,11-18H2,1H3. The van der Waals surface area contributed by atoms with E-state index in [9.17, 15) is 9.59 Å². The zero-order valence-corrected chi connectivity index (χ0v) is 17.5. The van der Waals surface area contributed by atoms with Gasteiger partial charge >= 0.3 is 0 Å². The highest BCUT2D eigenvalue weighted by atomic mass is 16.5. The first-order chi connectivity index (χ1) is 14.7. The van der Waals surface area contributed by atoms with Gasteiger partial charge in [-0.05, 0) is 37.1 Å². The molecule has 30 heavy (non-hydrogen) atoms. The van der Waals surface area contributed by atoms with E-state index in [0.29, 0.717) is 13.1 Å². The van der Waals surface area contributed by atoms with Crippen LogP contribution >= 0.6 is 0 Å². The molecule has 158 valence electrons. The van der Waals surface area contributed by atoms with Gasteiger partial charge in [0.25, 0.3) is 5.91 Å². The molecule has 0 N–H and O–H groups in total. The molecule has 2 heterocycles. The fourth-order valence-corrected chi connectivity index (χ4v) is 4.41. The van der Waals surface area contributed by atoms with Gasteiger partial charge in [-0.1, -0.05) is 30.3 Å². The van der Waals surface area contributed by atoms with Gasteiger partial charge in [0.05, 0.1) is 12.8 Å². The molecule has 6 nitrogen and oxygen atoms in total. The van der Waals surface area contributed by atoms with Crippen LogP contribution in [0.5, 0.6) is 5.75 Å². The lowest BCUT2D eigenvalue weighted by molar-refractivity contribution is -0.137. The number of ether oxygens (including phenoxy) is 1. The fraction of sp³-hybridized carbons (Fsp3) is 0.417. The molecular formula is C24H29N3O3. The van der Waals surface area contributed by atoms with Crippen molar-refractivity contribution in [2.75, 3.05) is 51.3 Å². The first kappa shape index (κ1) is 20.3. The molecule has 0 saturated carbocycles. The predicted molar refractivity (Wildman–Crippen MR) is 117 cm³/mol. The normalized spacial score (nSPS) is 17.7. The number of amides is 2. The molecule has 2 amide bonds. The molecule has 0 spiro atoms. The van der Waals surface area contributed by atoms with Crippen LogP contribution in [0.2, 0.25) is 0 Å². The molecule has 0 atom stereocenters. The Kier molecular flexibility index (Phi) is 6.21. The van der Waals surface area contributed by atoms with E-state index in [2.05, 4.69) is 11.0 Å². The van der Waals surface area contributed by atoms with Crippen molar-refractivity contribution in [2.24, 2.45) is 5.92 Å². The van der Waals surface area contributed by atoms with E-state index in [1.165, 1.54) is 0 Å². The number of benzene rings is 2. The molecule has 2 aliphatic heterocycles. The van der Waals surface area contributed by atoms with Gasteiger partial charge in [0.1, 0.15) is 5.75 Å². The van der Waals surface area contributed by atoms with Gasteiger partial charge in [-0.15, -0.1) is 0 Å². The summed E-state index contributed by atoms with van der Waals surface area (Å²) in [7, 11) is 1.69. The number of piperazine rings is 1. The van der Waals surface area contributed by atoms with Crippen molar-refractivity contribution in [1.82, 2.24) is 9.80 Å². The molecule has 0 aromatic heterocycles. The van der Waals surface area contributed by atoms with Crippen LogP contribution in [0.25, 0.3) is 0 Å². The summed E-state index contributed by atoms with van der Waals surface area (Å²) in [5.74, 6) is 1.18. The monoisotopic (exact) mass is 407 g/mol. The number of hydrogen-bond donors (Lipinski definition) is 0. The Morgan fingerprint density at radius 2 is 1.43 bits per heavy atom. The third-order valence-corrected chi connectivity index (χ3v) is 6.17. The lowest BCUT2D eigenvalue weighted by atomic mass is 9.94. The number of carbonyl (C=O) groups excluding carboxylic acids is 2. The van der Waals surface area contributed by atoms with E-state index in [0.717, 1.165) is 56.0 Å². The van der Waals surface area contributed by atoms with Gasteiger partial charge in [0, 0.05) is 50.7 Å². The summed E-state index contributed by atoms with van der Waals surface area (Å²) in [6, 6.07) is 17.4. The quantitative estimate of drug-likeness (QED) is 0.782. The largest absolute Gasteiger partial charge is 0.495 e. The second-order valence-electron chi connectivity index (χ2n) is 7.92. The summed E-state index contributed by atoms with van der Waals surface area (Å²) < 4.78 is 5.47. The van der Waals surface area contributed by atoms with Crippen LogP contribution in [0.1, 0.15) is 23.2 Å². The number of hydrogen-bond acceptors (Lipinski definition) is 4. The second-order valence-corrected chi connectivity index (χ2v) is 7.92. The zero-order chi connectivity index (χ0) is 20.9. The molecule has 2 aliphatic rings. The van der Waals surface area contributed by atoms with Crippen molar-refractivity contribution >= 4 is 17.5 Å². The molecule has 6 heteroatoms. The smallest absolute Gasteiger partial charge is 0.253 e. The van der Waals surface area contributed by atoms with Gasteiger partial charge in [0.15, 0.2) is 0 Å². The maximum atomic E-state index is 13.0. The summed E-state index contributed by atoms with van der Waals surface area (Å²) in [6.07, 6.45) is 1.48. The van der Waals surface area contributed by atoms with Crippen LogP contribution in [-0.2, 0) is 4.79 Å². The number of piperidine rings is 1. The van der Waals surface area contributed by atoms with Crippen molar-refractivity contribution < 1.29 is 14.3 Å². The average molecular weight is 408 g/mol. The lowest BCUT2D eigenvalue weighted by Gasteiger charge is -2.39. The lowest BCUT2D eigenvalue weighted by Crippen LogP contribution is -2.52. The van der Waals surface area contributed by atoms with Gasteiger partial charge in [-0.2, -0.15) is 0 Å². The number of para-hydroxylation sites is 2. The zero-order valence-electron chi connectivity index (χ0n) is 17.5. The van der Waals surface area contributed by atoms with Crippen molar-refractivity contribution in [3.63, 3.8) is 0 Å². The van der Waals surface area contributed by atoms with Crippen LogP contribution < -0.4 is 9.64 Å². The molecule has 0 bridgehead atoms. The molecule has 0 radical (unpaired) electrons. The van der Waals surface area contributed by atoms with E-state index in [1.54, 1.807) is 7.11 Å². The van der Waals surface area contributed by atoms with E-state index >= 15 is 0 Å². The Morgan fingerprint density at radius 3 is 2.10 bits per heavy atom. The Bertz CT molecular complexity index is 870. The number of methoxy groups -OCH3 is 1. The topological polar surface area (TPSA) is 53.1 Å². The molecule has 2 fully saturated rings. The Labute approximate surface area is 178 Å².